The average molecular weight is 344 g/mol. The molecule has 25 heavy (non-hydrogen) atoms. The molecule has 0 aliphatic carbocycles. The largest absolute Gasteiger partial charge is 0.382 e. The standard InChI is InChI=1S/C14H16N8O3/c15-12-11(19-23)13(16)18-14(17-12)21-7-5-20(6-8-21)9-1-3-10(4-2-9)22(24)25/h1-4H,5-8H2,(H4,15,16,17,18). The van der Waals surface area contributed by atoms with Gasteiger partial charge >= 0.3 is 0 Å². The highest BCUT2D eigenvalue weighted by Gasteiger charge is 2.22. The van der Waals surface area contributed by atoms with Crippen molar-refractivity contribution >= 4 is 34.6 Å². The predicted molar refractivity (Wildman–Crippen MR) is 93.8 cm³/mol. The summed E-state index contributed by atoms with van der Waals surface area (Å²) in [7, 11) is 0. The summed E-state index contributed by atoms with van der Waals surface area (Å²) in [4.78, 5) is 33.1. The van der Waals surface area contributed by atoms with Crippen molar-refractivity contribution in [1.29, 1.82) is 0 Å². The van der Waals surface area contributed by atoms with Crippen molar-refractivity contribution in [3.8, 4) is 0 Å². The second-order valence-corrected chi connectivity index (χ2v) is 5.48. The zero-order chi connectivity index (χ0) is 18.0. The fourth-order valence-corrected chi connectivity index (χ4v) is 2.66. The first kappa shape index (κ1) is 16.4. The number of nitrogens with zero attached hydrogens (tertiary/aromatic N) is 6. The highest BCUT2D eigenvalue weighted by Crippen LogP contribution is 2.29. The van der Waals surface area contributed by atoms with Gasteiger partial charge in [-0.3, -0.25) is 10.1 Å². The molecule has 0 radical (unpaired) electrons. The van der Waals surface area contributed by atoms with Crippen LogP contribution in [0.2, 0.25) is 0 Å². The molecule has 3 rings (SSSR count). The van der Waals surface area contributed by atoms with Crippen molar-refractivity contribution < 1.29 is 4.92 Å². The van der Waals surface area contributed by atoms with Crippen LogP contribution in [0.3, 0.4) is 0 Å². The molecule has 11 heteroatoms. The van der Waals surface area contributed by atoms with Crippen LogP contribution in [0.15, 0.2) is 29.4 Å². The summed E-state index contributed by atoms with van der Waals surface area (Å²) in [6.45, 7) is 2.58. The Labute approximate surface area is 142 Å². The highest BCUT2D eigenvalue weighted by molar-refractivity contribution is 5.72. The van der Waals surface area contributed by atoms with Crippen LogP contribution in [0.4, 0.5) is 34.6 Å². The predicted octanol–water partition coefficient (Wildman–Crippen LogP) is 1.27. The van der Waals surface area contributed by atoms with Gasteiger partial charge in [-0.1, -0.05) is 0 Å². The van der Waals surface area contributed by atoms with Crippen molar-refractivity contribution in [2.24, 2.45) is 5.18 Å². The van der Waals surface area contributed by atoms with E-state index in [-0.39, 0.29) is 23.0 Å². The van der Waals surface area contributed by atoms with Crippen molar-refractivity contribution in [2.45, 2.75) is 0 Å². The number of hydrogen-bond donors (Lipinski definition) is 2. The number of nitrogen functional groups attached to an aromatic ring is 2. The van der Waals surface area contributed by atoms with Gasteiger partial charge in [0, 0.05) is 44.0 Å². The van der Waals surface area contributed by atoms with Crippen molar-refractivity contribution in [3.63, 3.8) is 0 Å². The number of aromatic nitrogens is 2. The van der Waals surface area contributed by atoms with Crippen molar-refractivity contribution in [3.05, 3.63) is 39.3 Å². The van der Waals surface area contributed by atoms with Gasteiger partial charge in [0.25, 0.3) is 5.69 Å². The number of nitro groups is 1. The molecule has 1 fully saturated rings. The minimum Gasteiger partial charge on any atom is -0.382 e. The normalized spacial score (nSPS) is 14.4. The number of nitrogens with two attached hydrogens (primary N) is 2. The molecular weight excluding hydrogens is 328 g/mol. The number of piperazine rings is 1. The van der Waals surface area contributed by atoms with Crippen LogP contribution in [0.1, 0.15) is 0 Å². The van der Waals surface area contributed by atoms with Crippen LogP contribution >= 0.6 is 0 Å². The third kappa shape index (κ3) is 3.24. The maximum Gasteiger partial charge on any atom is 0.269 e. The molecule has 1 saturated heterocycles. The van der Waals surface area contributed by atoms with Crippen LogP contribution in [-0.2, 0) is 0 Å². The van der Waals surface area contributed by atoms with Gasteiger partial charge in [-0.25, -0.2) is 0 Å². The summed E-state index contributed by atoms with van der Waals surface area (Å²) in [5.41, 5.74) is 12.2. The third-order valence-corrected chi connectivity index (χ3v) is 4.01. The molecule has 0 atom stereocenters. The van der Waals surface area contributed by atoms with E-state index in [0.717, 1.165) is 5.69 Å². The summed E-state index contributed by atoms with van der Waals surface area (Å²) in [5.74, 6) is 0.261. The Hall–Kier alpha value is -3.50. The van der Waals surface area contributed by atoms with E-state index in [4.69, 9.17) is 11.5 Å². The molecule has 0 bridgehead atoms. The number of anilines is 4. The fraction of sp³-hybridized carbons (Fsp3) is 0.286. The summed E-state index contributed by atoms with van der Waals surface area (Å²) in [5, 5.41) is 13.4. The second kappa shape index (κ2) is 6.55. The van der Waals surface area contributed by atoms with Crippen LogP contribution in [0.5, 0.6) is 0 Å². The van der Waals surface area contributed by atoms with Gasteiger partial charge in [0.15, 0.2) is 17.3 Å². The Kier molecular flexibility index (Phi) is 4.29. The molecule has 0 spiro atoms. The van der Waals surface area contributed by atoms with Gasteiger partial charge in [0.1, 0.15) is 0 Å². The van der Waals surface area contributed by atoms with E-state index in [2.05, 4.69) is 20.0 Å². The lowest BCUT2D eigenvalue weighted by atomic mass is 10.2. The van der Waals surface area contributed by atoms with Gasteiger partial charge in [0.05, 0.1) is 4.92 Å². The SMILES string of the molecule is Nc1nc(N2CCN(c3ccc([N+](=O)[O-])cc3)CC2)nc(N)c1N=O. The lowest BCUT2D eigenvalue weighted by molar-refractivity contribution is -0.384. The van der Waals surface area contributed by atoms with E-state index in [1.54, 1.807) is 12.1 Å². The second-order valence-electron chi connectivity index (χ2n) is 5.48. The molecule has 130 valence electrons. The number of nitroso groups, excluding NO2 is 1. The Morgan fingerprint density at radius 1 is 1.00 bits per heavy atom. The van der Waals surface area contributed by atoms with E-state index >= 15 is 0 Å². The Balaban J connectivity index is 1.69. The Bertz CT molecular complexity index is 779. The number of non-ortho nitro benzene ring substituents is 1. The molecule has 11 nitrogen and oxygen atoms in total. The topological polar surface area (TPSA) is 157 Å². The first-order valence-corrected chi connectivity index (χ1v) is 7.50. The Morgan fingerprint density at radius 2 is 1.52 bits per heavy atom. The lowest BCUT2D eigenvalue weighted by Crippen LogP contribution is -2.47. The monoisotopic (exact) mass is 344 g/mol. The first-order chi connectivity index (χ1) is 12.0. The minimum absolute atomic E-state index is 0.0460. The fourth-order valence-electron chi connectivity index (χ4n) is 2.66. The number of benzene rings is 1. The zero-order valence-corrected chi connectivity index (χ0v) is 13.2. The van der Waals surface area contributed by atoms with Gasteiger partial charge in [0.2, 0.25) is 5.95 Å². The maximum atomic E-state index is 10.7. The zero-order valence-electron chi connectivity index (χ0n) is 13.2. The van der Waals surface area contributed by atoms with Crippen LogP contribution < -0.4 is 21.3 Å². The molecule has 0 unspecified atom stereocenters. The van der Waals surface area contributed by atoms with Crippen molar-refractivity contribution in [1.82, 2.24) is 9.97 Å². The van der Waals surface area contributed by atoms with Gasteiger partial charge in [-0.2, -0.15) is 9.97 Å². The summed E-state index contributed by atoms with van der Waals surface area (Å²) >= 11 is 0. The molecule has 0 amide bonds. The van der Waals surface area contributed by atoms with E-state index in [0.29, 0.717) is 32.1 Å². The maximum absolute atomic E-state index is 10.7. The molecule has 2 heterocycles. The minimum atomic E-state index is -0.425. The molecule has 0 saturated carbocycles. The summed E-state index contributed by atoms with van der Waals surface area (Å²) < 4.78 is 0. The quantitative estimate of drug-likeness (QED) is 0.473. The number of hydrogen-bond acceptors (Lipinski definition) is 10. The van der Waals surface area contributed by atoms with Crippen LogP contribution in [-0.4, -0.2) is 41.1 Å². The third-order valence-electron chi connectivity index (χ3n) is 4.01. The Morgan fingerprint density at radius 3 is 2.00 bits per heavy atom. The van der Waals surface area contributed by atoms with Crippen molar-refractivity contribution in [2.75, 3.05) is 47.4 Å². The van der Waals surface area contributed by atoms with Crippen LogP contribution in [0, 0.1) is 15.0 Å². The molecule has 1 aliphatic heterocycles. The number of nitro benzene ring substituents is 1. The molecule has 1 aliphatic rings. The first-order valence-electron chi connectivity index (χ1n) is 7.50. The highest BCUT2D eigenvalue weighted by atomic mass is 16.6. The van der Waals surface area contributed by atoms with Gasteiger partial charge < -0.3 is 21.3 Å². The molecule has 1 aromatic carbocycles. The number of rotatable bonds is 4. The summed E-state index contributed by atoms with van der Waals surface area (Å²) in [6.07, 6.45) is 0. The van der Waals surface area contributed by atoms with Crippen LogP contribution in [0.25, 0.3) is 0 Å². The van der Waals surface area contributed by atoms with Gasteiger partial charge in [-0.15, -0.1) is 4.91 Å². The smallest absolute Gasteiger partial charge is 0.269 e. The van der Waals surface area contributed by atoms with E-state index < -0.39 is 4.92 Å². The van der Waals surface area contributed by atoms with E-state index in [1.807, 2.05) is 4.90 Å². The summed E-state index contributed by atoms with van der Waals surface area (Å²) in [6, 6.07) is 6.42. The molecule has 1 aromatic heterocycles. The van der Waals surface area contributed by atoms with E-state index in [9.17, 15) is 15.0 Å². The lowest BCUT2D eigenvalue weighted by Gasteiger charge is -2.36. The van der Waals surface area contributed by atoms with Gasteiger partial charge in [-0.05, 0) is 17.3 Å². The van der Waals surface area contributed by atoms with E-state index in [1.165, 1.54) is 12.1 Å². The molecular formula is C14H16N8O3. The average Bonchev–Trinajstić information content (AvgIpc) is 2.61. The molecule has 2 aromatic rings. The molecule has 4 N–H and O–H groups in total.